The van der Waals surface area contributed by atoms with Crippen LogP contribution in [-0.2, 0) is 12.8 Å². The number of benzene rings is 5. The summed E-state index contributed by atoms with van der Waals surface area (Å²) in [5.74, 6) is 0. The number of anilines is 3. The normalized spacial score (nSPS) is 10.9. The lowest BCUT2D eigenvalue weighted by molar-refractivity contribution is 0.734. The Bertz CT molecular complexity index is 1400. The molecule has 1 nitrogen and oxygen atoms in total. The second-order valence-corrected chi connectivity index (χ2v) is 9.95. The van der Waals surface area contributed by atoms with E-state index in [1.54, 1.807) is 0 Å². The van der Waals surface area contributed by atoms with Gasteiger partial charge in [-0.1, -0.05) is 102 Å². The Morgan fingerprint density at radius 3 is 1.59 bits per heavy atom. The lowest BCUT2D eigenvalue weighted by Gasteiger charge is -2.25. The molecule has 0 amide bonds. The summed E-state index contributed by atoms with van der Waals surface area (Å²) >= 11 is 0. The molecule has 0 aliphatic carbocycles. The molecule has 0 N–H and O–H groups in total. The smallest absolute Gasteiger partial charge is 0.0462 e. The summed E-state index contributed by atoms with van der Waals surface area (Å²) in [5, 5.41) is 0. The standard InChI is InChI=1S/C36H35N/c1-28-15-23-35(24-16-28)37(34-13-4-3-5-14-34)36-25-21-33(22-26-36)32-19-17-30(18-20-32)10-6-7-11-31-12-8-9-29(2)27-31/h3-5,8-9,12-27H,6-7,10-11H2,1-2H3. The Kier molecular flexibility index (Phi) is 7.81. The molecule has 0 bridgehead atoms. The van der Waals surface area contributed by atoms with Crippen LogP contribution in [0.15, 0.2) is 127 Å². The van der Waals surface area contributed by atoms with Crippen LogP contribution in [0.3, 0.4) is 0 Å². The molecule has 0 heterocycles. The quantitative estimate of drug-likeness (QED) is 0.189. The third-order valence-electron chi connectivity index (χ3n) is 6.98. The van der Waals surface area contributed by atoms with E-state index in [0.29, 0.717) is 0 Å². The fourth-order valence-electron chi connectivity index (χ4n) is 4.91. The summed E-state index contributed by atoms with van der Waals surface area (Å²) in [6.45, 7) is 4.30. The van der Waals surface area contributed by atoms with Crippen LogP contribution in [0.2, 0.25) is 0 Å². The second-order valence-electron chi connectivity index (χ2n) is 9.95. The molecule has 37 heavy (non-hydrogen) atoms. The first-order chi connectivity index (χ1) is 18.2. The van der Waals surface area contributed by atoms with Crippen molar-refractivity contribution in [1.29, 1.82) is 0 Å². The first kappa shape index (κ1) is 24.6. The van der Waals surface area contributed by atoms with Crippen molar-refractivity contribution in [3.05, 3.63) is 150 Å². The summed E-state index contributed by atoms with van der Waals surface area (Å²) in [5.41, 5.74) is 11.5. The zero-order chi connectivity index (χ0) is 25.5. The molecule has 0 spiro atoms. The first-order valence-corrected chi connectivity index (χ1v) is 13.3. The maximum absolute atomic E-state index is 2.31. The van der Waals surface area contributed by atoms with Crippen molar-refractivity contribution < 1.29 is 0 Å². The highest BCUT2D eigenvalue weighted by Gasteiger charge is 2.12. The van der Waals surface area contributed by atoms with Crippen LogP contribution < -0.4 is 4.90 Å². The molecular formula is C36H35N. The van der Waals surface area contributed by atoms with Gasteiger partial charge in [0.2, 0.25) is 0 Å². The van der Waals surface area contributed by atoms with Gasteiger partial charge in [-0.25, -0.2) is 0 Å². The number of hydrogen-bond donors (Lipinski definition) is 0. The van der Waals surface area contributed by atoms with Crippen molar-refractivity contribution in [3.63, 3.8) is 0 Å². The summed E-state index contributed by atoms with van der Waals surface area (Å²) in [6, 6.07) is 46.2. The van der Waals surface area contributed by atoms with Crippen molar-refractivity contribution >= 4 is 17.1 Å². The van der Waals surface area contributed by atoms with Gasteiger partial charge in [0.15, 0.2) is 0 Å². The lowest BCUT2D eigenvalue weighted by atomic mass is 9.99. The number of para-hydroxylation sites is 1. The van der Waals surface area contributed by atoms with Gasteiger partial charge < -0.3 is 4.90 Å². The number of unbranched alkanes of at least 4 members (excludes halogenated alkanes) is 1. The van der Waals surface area contributed by atoms with Gasteiger partial charge in [0.1, 0.15) is 0 Å². The minimum atomic E-state index is 1.13. The minimum Gasteiger partial charge on any atom is -0.311 e. The van der Waals surface area contributed by atoms with E-state index < -0.39 is 0 Å². The Balaban J connectivity index is 1.25. The maximum atomic E-state index is 2.31. The van der Waals surface area contributed by atoms with Crippen LogP contribution in [0, 0.1) is 13.8 Å². The van der Waals surface area contributed by atoms with Crippen molar-refractivity contribution in [2.45, 2.75) is 39.5 Å². The number of aryl methyl sites for hydroxylation is 4. The molecule has 0 fully saturated rings. The van der Waals surface area contributed by atoms with Gasteiger partial charge in [0, 0.05) is 17.1 Å². The molecule has 5 rings (SSSR count). The SMILES string of the molecule is Cc1ccc(N(c2ccccc2)c2ccc(-c3ccc(CCCCc4cccc(C)c4)cc3)cc2)cc1. The van der Waals surface area contributed by atoms with Gasteiger partial charge in [-0.2, -0.15) is 0 Å². The summed E-state index contributed by atoms with van der Waals surface area (Å²) in [6.07, 6.45) is 4.74. The van der Waals surface area contributed by atoms with Crippen LogP contribution >= 0.6 is 0 Å². The van der Waals surface area contributed by atoms with Crippen molar-refractivity contribution in [1.82, 2.24) is 0 Å². The van der Waals surface area contributed by atoms with E-state index in [2.05, 4.69) is 146 Å². The fourth-order valence-corrected chi connectivity index (χ4v) is 4.91. The second kappa shape index (κ2) is 11.8. The third kappa shape index (κ3) is 6.37. The van der Waals surface area contributed by atoms with Gasteiger partial charge in [0.25, 0.3) is 0 Å². The molecule has 0 atom stereocenters. The van der Waals surface area contributed by atoms with Crippen molar-refractivity contribution in [2.24, 2.45) is 0 Å². The van der Waals surface area contributed by atoms with Gasteiger partial charge in [-0.05, 0) is 98.2 Å². The zero-order valence-electron chi connectivity index (χ0n) is 21.9. The molecule has 184 valence electrons. The first-order valence-electron chi connectivity index (χ1n) is 13.3. The predicted molar refractivity (Wildman–Crippen MR) is 159 cm³/mol. The minimum absolute atomic E-state index is 1.13. The van der Waals surface area contributed by atoms with E-state index in [4.69, 9.17) is 0 Å². The average molecular weight is 482 g/mol. The van der Waals surface area contributed by atoms with Gasteiger partial charge in [-0.15, -0.1) is 0 Å². The van der Waals surface area contributed by atoms with Crippen molar-refractivity contribution in [2.75, 3.05) is 4.90 Å². The van der Waals surface area contributed by atoms with Crippen LogP contribution in [0.25, 0.3) is 11.1 Å². The molecule has 5 aromatic rings. The molecule has 0 aliphatic rings. The average Bonchev–Trinajstić information content (AvgIpc) is 2.94. The van der Waals surface area contributed by atoms with E-state index in [1.165, 1.54) is 46.2 Å². The number of nitrogens with zero attached hydrogens (tertiary/aromatic N) is 1. The highest BCUT2D eigenvalue weighted by Crippen LogP contribution is 2.35. The third-order valence-corrected chi connectivity index (χ3v) is 6.98. The lowest BCUT2D eigenvalue weighted by Crippen LogP contribution is -2.09. The van der Waals surface area contributed by atoms with E-state index >= 15 is 0 Å². The van der Waals surface area contributed by atoms with E-state index in [0.717, 1.165) is 29.9 Å². The summed E-state index contributed by atoms with van der Waals surface area (Å²) in [7, 11) is 0. The number of rotatable bonds is 9. The van der Waals surface area contributed by atoms with Gasteiger partial charge in [-0.3, -0.25) is 0 Å². The summed E-state index contributed by atoms with van der Waals surface area (Å²) < 4.78 is 0. The van der Waals surface area contributed by atoms with Crippen molar-refractivity contribution in [3.8, 4) is 11.1 Å². The summed E-state index contributed by atoms with van der Waals surface area (Å²) in [4.78, 5) is 2.31. The van der Waals surface area contributed by atoms with Crippen LogP contribution in [-0.4, -0.2) is 0 Å². The zero-order valence-corrected chi connectivity index (χ0v) is 21.9. The Hall–Kier alpha value is -4.10. The monoisotopic (exact) mass is 481 g/mol. The largest absolute Gasteiger partial charge is 0.311 e. The number of hydrogen-bond acceptors (Lipinski definition) is 1. The molecule has 0 radical (unpaired) electrons. The highest BCUT2D eigenvalue weighted by atomic mass is 15.1. The molecule has 0 saturated heterocycles. The highest BCUT2D eigenvalue weighted by molar-refractivity contribution is 5.78. The van der Waals surface area contributed by atoms with E-state index in [9.17, 15) is 0 Å². The Morgan fingerprint density at radius 1 is 0.432 bits per heavy atom. The van der Waals surface area contributed by atoms with Crippen LogP contribution in [0.4, 0.5) is 17.1 Å². The molecule has 0 aromatic heterocycles. The molecule has 0 saturated carbocycles. The molecule has 0 unspecified atom stereocenters. The topological polar surface area (TPSA) is 3.24 Å². The molecule has 5 aromatic carbocycles. The van der Waals surface area contributed by atoms with Crippen LogP contribution in [0.5, 0.6) is 0 Å². The van der Waals surface area contributed by atoms with Gasteiger partial charge >= 0.3 is 0 Å². The van der Waals surface area contributed by atoms with E-state index in [-0.39, 0.29) is 0 Å². The predicted octanol–water partition coefficient (Wildman–Crippen LogP) is 10.0. The maximum Gasteiger partial charge on any atom is 0.0462 e. The Morgan fingerprint density at radius 2 is 0.973 bits per heavy atom. The van der Waals surface area contributed by atoms with Gasteiger partial charge in [0.05, 0.1) is 0 Å². The molecular weight excluding hydrogens is 446 g/mol. The fraction of sp³-hybridized carbons (Fsp3) is 0.167. The molecule has 1 heteroatoms. The Labute approximate surface area is 222 Å². The van der Waals surface area contributed by atoms with E-state index in [1.807, 2.05) is 0 Å². The van der Waals surface area contributed by atoms with Crippen LogP contribution in [0.1, 0.15) is 35.1 Å². The molecule has 0 aliphatic heterocycles.